The smallest absolute Gasteiger partial charge is 0.225 e. The zero-order valence-corrected chi connectivity index (χ0v) is 14.5. The lowest BCUT2D eigenvalue weighted by Gasteiger charge is -2.41. The highest BCUT2D eigenvalue weighted by atomic mass is 16.3. The van der Waals surface area contributed by atoms with Gasteiger partial charge in [-0.1, -0.05) is 51.1 Å². The number of nitrogens with zero attached hydrogens (tertiary/aromatic N) is 1. The second-order valence-corrected chi connectivity index (χ2v) is 7.39. The minimum absolute atomic E-state index is 0.0183. The number of hydrogen-bond donors (Lipinski definition) is 3. The summed E-state index contributed by atoms with van der Waals surface area (Å²) in [5.74, 6) is 0.116. The quantitative estimate of drug-likeness (QED) is 0.725. The van der Waals surface area contributed by atoms with E-state index in [9.17, 15) is 9.90 Å². The zero-order valence-electron chi connectivity index (χ0n) is 14.5. The van der Waals surface area contributed by atoms with Gasteiger partial charge in [-0.25, -0.2) is 0 Å². The molecule has 3 atom stereocenters. The Morgan fingerprint density at radius 3 is 2.48 bits per heavy atom. The molecule has 2 unspecified atom stereocenters. The summed E-state index contributed by atoms with van der Waals surface area (Å²) in [6.45, 7) is 6.85. The molecule has 1 heterocycles. The summed E-state index contributed by atoms with van der Waals surface area (Å²) in [6, 6.07) is 10.0. The molecule has 3 N–H and O–H groups in total. The Morgan fingerprint density at radius 1 is 1.30 bits per heavy atom. The Labute approximate surface area is 139 Å². The van der Waals surface area contributed by atoms with Crippen molar-refractivity contribution in [3.8, 4) is 0 Å². The first-order valence-corrected chi connectivity index (χ1v) is 8.27. The summed E-state index contributed by atoms with van der Waals surface area (Å²) in [7, 11) is 1.82. The minimum atomic E-state index is -0.732. The summed E-state index contributed by atoms with van der Waals surface area (Å²) < 4.78 is 0. The number of nitrogens with one attached hydrogen (secondary N) is 2. The Bertz CT molecular complexity index is 513. The van der Waals surface area contributed by atoms with Gasteiger partial charge in [0.1, 0.15) is 6.23 Å². The first kappa shape index (κ1) is 17.9. The van der Waals surface area contributed by atoms with Crippen LogP contribution in [-0.2, 0) is 4.79 Å². The fraction of sp³-hybridized carbons (Fsp3) is 0.611. The van der Waals surface area contributed by atoms with Crippen molar-refractivity contribution in [2.24, 2.45) is 5.41 Å². The van der Waals surface area contributed by atoms with Crippen LogP contribution in [0.15, 0.2) is 30.3 Å². The number of hydrogen-bond acceptors (Lipinski definition) is 4. The van der Waals surface area contributed by atoms with E-state index in [0.717, 1.165) is 5.56 Å². The molecular weight excluding hydrogens is 290 g/mol. The molecule has 128 valence electrons. The van der Waals surface area contributed by atoms with Gasteiger partial charge in [0.2, 0.25) is 5.91 Å². The van der Waals surface area contributed by atoms with Crippen molar-refractivity contribution in [3.05, 3.63) is 35.9 Å². The minimum Gasteiger partial charge on any atom is -0.374 e. The largest absolute Gasteiger partial charge is 0.374 e. The molecule has 1 fully saturated rings. The van der Waals surface area contributed by atoms with Gasteiger partial charge in [0.15, 0.2) is 0 Å². The average molecular weight is 319 g/mol. The van der Waals surface area contributed by atoms with Crippen molar-refractivity contribution in [1.29, 1.82) is 0 Å². The molecule has 0 bridgehead atoms. The van der Waals surface area contributed by atoms with E-state index >= 15 is 0 Å². The van der Waals surface area contributed by atoms with Gasteiger partial charge in [-0.15, -0.1) is 0 Å². The van der Waals surface area contributed by atoms with E-state index in [1.807, 2.05) is 37.4 Å². The number of rotatable bonds is 5. The number of amides is 1. The van der Waals surface area contributed by atoms with Crippen LogP contribution in [0.2, 0.25) is 0 Å². The third kappa shape index (κ3) is 4.53. The van der Waals surface area contributed by atoms with Crippen LogP contribution in [0.1, 0.15) is 45.1 Å². The monoisotopic (exact) mass is 319 g/mol. The lowest BCUT2D eigenvalue weighted by atomic mass is 9.84. The summed E-state index contributed by atoms with van der Waals surface area (Å²) in [4.78, 5) is 14.2. The van der Waals surface area contributed by atoms with Crippen LogP contribution in [0.4, 0.5) is 0 Å². The van der Waals surface area contributed by atoms with Gasteiger partial charge in [-0.05, 0) is 30.4 Å². The molecule has 1 amide bonds. The number of aliphatic hydroxyl groups excluding tert-OH is 1. The Balaban J connectivity index is 2.07. The van der Waals surface area contributed by atoms with Crippen molar-refractivity contribution in [2.45, 2.75) is 51.8 Å². The van der Waals surface area contributed by atoms with E-state index in [0.29, 0.717) is 19.4 Å². The molecule has 1 saturated heterocycles. The first-order valence-electron chi connectivity index (χ1n) is 8.27. The van der Waals surface area contributed by atoms with E-state index in [1.165, 1.54) is 0 Å². The molecule has 0 saturated carbocycles. The molecular formula is C18H29N3O2. The van der Waals surface area contributed by atoms with E-state index in [4.69, 9.17) is 0 Å². The fourth-order valence-electron chi connectivity index (χ4n) is 3.07. The predicted molar refractivity (Wildman–Crippen MR) is 91.6 cm³/mol. The van der Waals surface area contributed by atoms with E-state index < -0.39 is 6.23 Å². The lowest BCUT2D eigenvalue weighted by molar-refractivity contribution is -0.149. The maximum absolute atomic E-state index is 12.6. The van der Waals surface area contributed by atoms with Crippen molar-refractivity contribution in [2.75, 3.05) is 13.6 Å². The lowest BCUT2D eigenvalue weighted by Crippen LogP contribution is -2.57. The number of piperidine rings is 1. The SMILES string of the molecule is CNN[C@H](CN1C(=O)CC(c2ccccc2)CC1O)C(C)(C)C. The highest BCUT2D eigenvalue weighted by molar-refractivity contribution is 5.78. The van der Waals surface area contributed by atoms with Crippen LogP contribution < -0.4 is 10.9 Å². The molecule has 0 radical (unpaired) electrons. The molecule has 0 aromatic heterocycles. The van der Waals surface area contributed by atoms with Gasteiger partial charge in [0.05, 0.1) is 0 Å². The van der Waals surface area contributed by atoms with Gasteiger partial charge < -0.3 is 10.0 Å². The van der Waals surface area contributed by atoms with Crippen LogP contribution >= 0.6 is 0 Å². The topological polar surface area (TPSA) is 64.6 Å². The van der Waals surface area contributed by atoms with Crippen LogP contribution in [-0.4, -0.2) is 41.8 Å². The number of carbonyl (C=O) groups is 1. The molecule has 2 rings (SSSR count). The molecule has 23 heavy (non-hydrogen) atoms. The van der Waals surface area contributed by atoms with Crippen molar-refractivity contribution < 1.29 is 9.90 Å². The summed E-state index contributed by atoms with van der Waals surface area (Å²) in [6.07, 6.45) is 0.314. The third-order valence-electron chi connectivity index (χ3n) is 4.61. The first-order chi connectivity index (χ1) is 10.8. The predicted octanol–water partition coefficient (Wildman–Crippen LogP) is 1.85. The summed E-state index contributed by atoms with van der Waals surface area (Å²) in [5.41, 5.74) is 7.25. The van der Waals surface area contributed by atoms with Crippen molar-refractivity contribution >= 4 is 5.91 Å². The van der Waals surface area contributed by atoms with E-state index in [2.05, 4.69) is 31.6 Å². The second kappa shape index (κ2) is 7.43. The average Bonchev–Trinajstić information content (AvgIpc) is 2.49. The van der Waals surface area contributed by atoms with E-state index in [-0.39, 0.29) is 23.3 Å². The maximum atomic E-state index is 12.6. The van der Waals surface area contributed by atoms with E-state index in [1.54, 1.807) is 4.90 Å². The van der Waals surface area contributed by atoms with Crippen molar-refractivity contribution in [3.63, 3.8) is 0 Å². The Morgan fingerprint density at radius 2 is 1.96 bits per heavy atom. The number of likely N-dealkylation sites (tertiary alicyclic amines) is 1. The number of aliphatic hydroxyl groups is 1. The fourth-order valence-corrected chi connectivity index (χ4v) is 3.07. The molecule has 1 aromatic carbocycles. The molecule has 5 nitrogen and oxygen atoms in total. The number of hydrazine groups is 1. The zero-order chi connectivity index (χ0) is 17.0. The molecule has 1 aliphatic heterocycles. The Kier molecular flexibility index (Phi) is 5.79. The van der Waals surface area contributed by atoms with Crippen LogP contribution in [0.25, 0.3) is 0 Å². The van der Waals surface area contributed by atoms with Gasteiger partial charge in [0.25, 0.3) is 0 Å². The normalized spacial score (nSPS) is 23.9. The molecule has 5 heteroatoms. The standard InChI is InChI=1S/C18H29N3O2/c1-18(2,3)15(20-19-4)12-21-16(22)10-14(11-17(21)23)13-8-6-5-7-9-13/h5-9,14-16,19-20,22H,10-12H2,1-4H3/t14?,15-,16?/m1/s1. The summed E-state index contributed by atoms with van der Waals surface area (Å²) >= 11 is 0. The Hall–Kier alpha value is -1.43. The van der Waals surface area contributed by atoms with Crippen molar-refractivity contribution in [1.82, 2.24) is 15.8 Å². The number of carbonyl (C=O) groups excluding carboxylic acids is 1. The molecule has 1 aromatic rings. The van der Waals surface area contributed by atoms with Gasteiger partial charge in [0, 0.05) is 19.0 Å². The van der Waals surface area contributed by atoms with Gasteiger partial charge in [-0.2, -0.15) is 0 Å². The maximum Gasteiger partial charge on any atom is 0.225 e. The highest BCUT2D eigenvalue weighted by Crippen LogP contribution is 2.32. The van der Waals surface area contributed by atoms with Gasteiger partial charge >= 0.3 is 0 Å². The van der Waals surface area contributed by atoms with Crippen LogP contribution in [0.3, 0.4) is 0 Å². The second-order valence-electron chi connectivity index (χ2n) is 7.39. The number of benzene rings is 1. The van der Waals surface area contributed by atoms with Crippen LogP contribution in [0, 0.1) is 5.41 Å². The van der Waals surface area contributed by atoms with Gasteiger partial charge in [-0.3, -0.25) is 15.6 Å². The van der Waals surface area contributed by atoms with Crippen LogP contribution in [0.5, 0.6) is 0 Å². The summed E-state index contributed by atoms with van der Waals surface area (Å²) in [5, 5.41) is 10.5. The molecule has 1 aliphatic rings. The third-order valence-corrected chi connectivity index (χ3v) is 4.61. The molecule has 0 spiro atoms. The highest BCUT2D eigenvalue weighted by Gasteiger charge is 2.36. The molecule has 0 aliphatic carbocycles.